The van der Waals surface area contributed by atoms with Gasteiger partial charge in [-0.2, -0.15) is 0 Å². The van der Waals surface area contributed by atoms with Crippen LogP contribution in [0.2, 0.25) is 0 Å². The van der Waals surface area contributed by atoms with Gasteiger partial charge in [-0.1, -0.05) is 66.7 Å². The van der Waals surface area contributed by atoms with Crippen LogP contribution in [0.15, 0.2) is 79.0 Å². The minimum atomic E-state index is -1.13. The van der Waals surface area contributed by atoms with Crippen molar-refractivity contribution in [3.63, 3.8) is 0 Å². The van der Waals surface area contributed by atoms with Crippen LogP contribution in [-0.2, 0) is 32.2 Å². The summed E-state index contributed by atoms with van der Waals surface area (Å²) in [6, 6.07) is 21.3. The normalized spacial score (nSPS) is 12.4. The van der Waals surface area contributed by atoms with Crippen LogP contribution in [0.4, 0.5) is 9.59 Å². The summed E-state index contributed by atoms with van der Waals surface area (Å²) in [5.74, 6) is -0.854. The Balaban J connectivity index is 1.49. The Bertz CT molecular complexity index is 1810. The lowest BCUT2D eigenvalue weighted by atomic mass is 10.0. The quantitative estimate of drug-likeness (QED) is 0.0488. The molecule has 14 nitrogen and oxygen atoms in total. The Hall–Kier alpha value is -5.31. The molecule has 5 N–H and O–H groups in total. The third kappa shape index (κ3) is 12.1. The number of hydrogen-bond donors (Lipinski definition) is 5. The van der Waals surface area contributed by atoms with Crippen LogP contribution in [0, 0.1) is 0 Å². The van der Waals surface area contributed by atoms with Crippen molar-refractivity contribution in [2.75, 3.05) is 33.4 Å². The van der Waals surface area contributed by atoms with Gasteiger partial charge in [0.2, 0.25) is 11.8 Å². The molecule has 284 valence electrons. The van der Waals surface area contributed by atoms with E-state index in [0.717, 1.165) is 32.8 Å². The van der Waals surface area contributed by atoms with Gasteiger partial charge < -0.3 is 35.4 Å². The average Bonchev–Trinajstić information content (AvgIpc) is 3.14. The molecular formula is C39H51N7O7. The fraction of sp³-hybridized carbons (Fsp3) is 0.410. The van der Waals surface area contributed by atoms with Crippen LogP contribution in [0.3, 0.4) is 0 Å². The highest BCUT2D eigenvalue weighted by atomic mass is 16.7. The average molecular weight is 730 g/mol. The maximum atomic E-state index is 14.6. The highest BCUT2D eigenvalue weighted by Crippen LogP contribution is 2.23. The highest BCUT2D eigenvalue weighted by Gasteiger charge is 2.34. The van der Waals surface area contributed by atoms with Crippen LogP contribution >= 0.6 is 0 Å². The number of para-hydroxylation sites is 1. The molecule has 3 aromatic carbocycles. The van der Waals surface area contributed by atoms with Crippen LogP contribution in [-0.4, -0.2) is 95.7 Å². The van der Waals surface area contributed by atoms with Gasteiger partial charge in [0.15, 0.2) is 6.29 Å². The molecule has 0 spiro atoms. The Morgan fingerprint density at radius 2 is 1.53 bits per heavy atom. The minimum absolute atomic E-state index is 0.163. The van der Waals surface area contributed by atoms with E-state index in [4.69, 9.17) is 14.6 Å². The lowest BCUT2D eigenvalue weighted by Crippen LogP contribution is -2.56. The molecule has 4 rings (SSSR count). The molecule has 53 heavy (non-hydrogen) atoms. The van der Waals surface area contributed by atoms with E-state index in [0.29, 0.717) is 26.1 Å². The van der Waals surface area contributed by atoms with Crippen LogP contribution in [0.5, 0.6) is 0 Å². The van der Waals surface area contributed by atoms with E-state index < -0.39 is 36.4 Å². The Labute approximate surface area is 310 Å². The maximum Gasteiger partial charge on any atom is 0.404 e. The number of hydrogen-bond acceptors (Lipinski definition) is 8. The molecule has 2 unspecified atom stereocenters. The molecular weight excluding hydrogens is 678 g/mol. The van der Waals surface area contributed by atoms with Crippen molar-refractivity contribution in [3.05, 3.63) is 90.1 Å². The largest absolute Gasteiger partial charge is 0.465 e. The Morgan fingerprint density at radius 3 is 2.26 bits per heavy atom. The Morgan fingerprint density at radius 1 is 0.849 bits per heavy atom. The summed E-state index contributed by atoms with van der Waals surface area (Å²) in [4.78, 5) is 58.1. The minimum Gasteiger partial charge on any atom is -0.465 e. The number of fused-ring (bicyclic) bond motifs is 2. The van der Waals surface area contributed by atoms with Crippen molar-refractivity contribution >= 4 is 45.6 Å². The molecule has 0 aliphatic rings. The van der Waals surface area contributed by atoms with E-state index in [1.165, 1.54) is 5.01 Å². The van der Waals surface area contributed by atoms with Gasteiger partial charge in [-0.25, -0.2) is 14.6 Å². The van der Waals surface area contributed by atoms with Gasteiger partial charge in [0.05, 0.1) is 18.1 Å². The summed E-state index contributed by atoms with van der Waals surface area (Å²) >= 11 is 0. The number of likely N-dealkylation sites (N-methyl/N-ethyl adjacent to an activating group) is 1. The van der Waals surface area contributed by atoms with Gasteiger partial charge in [0, 0.05) is 51.5 Å². The van der Waals surface area contributed by atoms with E-state index in [-0.39, 0.29) is 38.5 Å². The molecule has 0 bridgehead atoms. The number of urea groups is 1. The number of amides is 5. The fourth-order valence-electron chi connectivity index (χ4n) is 6.16. The van der Waals surface area contributed by atoms with Crippen molar-refractivity contribution in [3.8, 4) is 0 Å². The van der Waals surface area contributed by atoms with Crippen molar-refractivity contribution in [1.82, 2.24) is 36.3 Å². The predicted molar refractivity (Wildman–Crippen MR) is 203 cm³/mol. The predicted octanol–water partition coefficient (Wildman–Crippen LogP) is 4.77. The highest BCUT2D eigenvalue weighted by molar-refractivity contribution is 5.89. The number of pyridine rings is 1. The van der Waals surface area contributed by atoms with Crippen molar-refractivity contribution in [1.29, 1.82) is 0 Å². The summed E-state index contributed by atoms with van der Waals surface area (Å²) in [5.41, 5.74) is 5.17. The molecule has 0 fully saturated rings. The molecule has 0 saturated carbocycles. The zero-order valence-corrected chi connectivity index (χ0v) is 30.8. The molecule has 4 aromatic rings. The number of carbonyl (C=O) groups is 4. The number of carboxylic acid groups (broad SMARTS) is 1. The maximum absolute atomic E-state index is 14.6. The first kappa shape index (κ1) is 40.5. The van der Waals surface area contributed by atoms with Crippen molar-refractivity contribution in [2.24, 2.45) is 0 Å². The second kappa shape index (κ2) is 20.7. The Kier molecular flexibility index (Phi) is 15.8. The summed E-state index contributed by atoms with van der Waals surface area (Å²) in [6.07, 6.45) is 0.959. The molecule has 1 heterocycles. The zero-order chi connectivity index (χ0) is 38.2. The summed E-state index contributed by atoms with van der Waals surface area (Å²) in [5, 5.41) is 21.4. The molecule has 0 aliphatic heterocycles. The summed E-state index contributed by atoms with van der Waals surface area (Å²) in [6.45, 7) is 6.66. The number of aromatic nitrogens is 1. The van der Waals surface area contributed by atoms with E-state index in [2.05, 4.69) is 26.4 Å². The molecule has 14 heteroatoms. The lowest BCUT2D eigenvalue weighted by molar-refractivity contribution is -0.179. The van der Waals surface area contributed by atoms with Crippen LogP contribution in [0.25, 0.3) is 21.7 Å². The third-order valence-corrected chi connectivity index (χ3v) is 8.71. The summed E-state index contributed by atoms with van der Waals surface area (Å²) in [7, 11) is 1.56. The van der Waals surface area contributed by atoms with Gasteiger partial charge in [-0.15, -0.1) is 0 Å². The van der Waals surface area contributed by atoms with Crippen molar-refractivity contribution in [2.45, 2.75) is 71.5 Å². The number of rotatable bonds is 20. The smallest absolute Gasteiger partial charge is 0.404 e. The molecule has 2 atom stereocenters. The van der Waals surface area contributed by atoms with Crippen LogP contribution in [0.1, 0.15) is 51.2 Å². The first-order valence-corrected chi connectivity index (χ1v) is 18.0. The number of unbranched alkanes of at least 4 members (excludes halogenated alkanes) is 1. The topological polar surface area (TPSA) is 174 Å². The molecule has 0 saturated heterocycles. The number of ether oxygens (including phenoxy) is 2. The van der Waals surface area contributed by atoms with E-state index in [1.807, 2.05) is 93.6 Å². The fourth-order valence-corrected chi connectivity index (χ4v) is 6.16. The van der Waals surface area contributed by atoms with E-state index >= 15 is 0 Å². The van der Waals surface area contributed by atoms with Crippen molar-refractivity contribution < 1.29 is 33.8 Å². The number of hydrazine groups is 1. The van der Waals surface area contributed by atoms with Gasteiger partial charge in [-0.3, -0.25) is 20.0 Å². The van der Waals surface area contributed by atoms with Gasteiger partial charge >= 0.3 is 12.1 Å². The monoisotopic (exact) mass is 729 g/mol. The molecule has 0 radical (unpaired) electrons. The first-order valence-electron chi connectivity index (χ1n) is 18.0. The number of nitrogens with one attached hydrogen (secondary N) is 4. The second-order valence-corrected chi connectivity index (χ2v) is 12.6. The third-order valence-electron chi connectivity index (χ3n) is 8.71. The molecule has 0 aliphatic carbocycles. The number of carbonyl (C=O) groups excluding carboxylic acids is 3. The first-order chi connectivity index (χ1) is 25.6. The standard InChI is InChI=1S/C39H51N7O7/c1-5-52-37(53-6-2)27(3)46(25-31-18-12-16-29-19-13-23-40-35(29)31)36(48)33(21-9-10-22-41-39(50)51)43-34(47)26-45(4)44-38(49)42-24-30-17-11-15-28-14-7-8-20-32(28)30/h7-8,11-20,23,27,33,37,41H,5-6,9-10,21-22,24-26H2,1-4H3,(H,43,47)(H,50,51)(H2,42,44,49). The molecule has 5 amide bonds. The molecule has 1 aromatic heterocycles. The van der Waals surface area contributed by atoms with E-state index in [1.54, 1.807) is 18.1 Å². The zero-order valence-electron chi connectivity index (χ0n) is 30.8. The second-order valence-electron chi connectivity index (χ2n) is 12.6. The van der Waals surface area contributed by atoms with Gasteiger partial charge in [0.25, 0.3) is 0 Å². The van der Waals surface area contributed by atoms with Gasteiger partial charge in [-0.05, 0) is 68.0 Å². The van der Waals surface area contributed by atoms with Crippen LogP contribution < -0.4 is 21.4 Å². The SMILES string of the molecule is CCOC(OCC)C(C)N(Cc1cccc2cccnc12)C(=O)C(CCCCNC(=O)O)NC(=O)CN(C)NC(=O)NCc1cccc2ccccc12. The van der Waals surface area contributed by atoms with Gasteiger partial charge in [0.1, 0.15) is 6.04 Å². The number of benzene rings is 3. The summed E-state index contributed by atoms with van der Waals surface area (Å²) < 4.78 is 11.8. The number of nitrogens with zero attached hydrogens (tertiary/aromatic N) is 3. The lowest BCUT2D eigenvalue weighted by Gasteiger charge is -2.37. The van der Waals surface area contributed by atoms with E-state index in [9.17, 15) is 19.2 Å².